The first kappa shape index (κ1) is 20.9. The van der Waals surface area contributed by atoms with Gasteiger partial charge in [-0.05, 0) is 42.2 Å². The zero-order chi connectivity index (χ0) is 21.8. The van der Waals surface area contributed by atoms with Crippen molar-refractivity contribution < 1.29 is 14.6 Å². The molecule has 31 heavy (non-hydrogen) atoms. The second-order valence-electron chi connectivity index (χ2n) is 7.48. The van der Waals surface area contributed by atoms with Crippen LogP contribution in [-0.2, 0) is 10.2 Å². The van der Waals surface area contributed by atoms with E-state index in [0.29, 0.717) is 12.2 Å². The Hall–Kier alpha value is -3.31. The Kier molecular flexibility index (Phi) is 5.96. The maximum absolute atomic E-state index is 12.9. The summed E-state index contributed by atoms with van der Waals surface area (Å²) in [4.78, 5) is 12.9. The molecule has 0 bridgehead atoms. The molecular formula is C25H23ClN2O3. The van der Waals surface area contributed by atoms with Gasteiger partial charge in [0, 0.05) is 5.41 Å². The lowest BCUT2D eigenvalue weighted by Crippen LogP contribution is -2.25. The van der Waals surface area contributed by atoms with Gasteiger partial charge in [-0.3, -0.25) is 4.79 Å². The minimum atomic E-state index is -0.341. The molecule has 1 saturated carbocycles. The maximum atomic E-state index is 12.9. The molecule has 1 unspecified atom stereocenters. The van der Waals surface area contributed by atoms with Crippen LogP contribution in [0.4, 0.5) is 0 Å². The Balaban J connectivity index is 1.52. The van der Waals surface area contributed by atoms with Crippen molar-refractivity contribution in [1.29, 1.82) is 0 Å². The van der Waals surface area contributed by atoms with E-state index in [1.54, 1.807) is 12.1 Å². The van der Waals surface area contributed by atoms with Gasteiger partial charge in [0.25, 0.3) is 0 Å². The third-order valence-electron chi connectivity index (χ3n) is 5.59. The van der Waals surface area contributed by atoms with Crippen LogP contribution in [0.15, 0.2) is 77.9 Å². The maximum Gasteiger partial charge on any atom is 0.244 e. The lowest BCUT2D eigenvalue weighted by molar-refractivity contribution is -0.122. The van der Waals surface area contributed by atoms with Gasteiger partial charge in [-0.1, -0.05) is 72.3 Å². The van der Waals surface area contributed by atoms with Crippen LogP contribution in [0.2, 0.25) is 5.02 Å². The minimum absolute atomic E-state index is 0.113. The predicted molar refractivity (Wildman–Crippen MR) is 122 cm³/mol. The Labute approximate surface area is 186 Å². The second kappa shape index (κ2) is 8.82. The molecule has 4 rings (SSSR count). The van der Waals surface area contributed by atoms with Crippen LogP contribution in [0, 0.1) is 5.92 Å². The zero-order valence-corrected chi connectivity index (χ0v) is 17.8. The predicted octanol–water partition coefficient (Wildman–Crippen LogP) is 4.90. The number of benzene rings is 3. The fourth-order valence-corrected chi connectivity index (χ4v) is 4.26. The van der Waals surface area contributed by atoms with Crippen molar-refractivity contribution in [3.05, 3.63) is 94.5 Å². The number of ether oxygens (including phenoxy) is 1. The lowest BCUT2D eigenvalue weighted by atomic mass is 9.85. The molecule has 1 amide bonds. The van der Waals surface area contributed by atoms with Crippen molar-refractivity contribution >= 4 is 23.7 Å². The van der Waals surface area contributed by atoms with Gasteiger partial charge in [0.05, 0.1) is 23.8 Å². The molecule has 5 nitrogen and oxygen atoms in total. The monoisotopic (exact) mass is 434 g/mol. The highest BCUT2D eigenvalue weighted by Gasteiger charge is 2.60. The summed E-state index contributed by atoms with van der Waals surface area (Å²) in [5.74, 6) is -0.189. The Morgan fingerprint density at radius 2 is 1.77 bits per heavy atom. The third kappa shape index (κ3) is 4.14. The molecular weight excluding hydrogens is 412 g/mol. The van der Waals surface area contributed by atoms with Crippen LogP contribution >= 0.6 is 11.6 Å². The van der Waals surface area contributed by atoms with Crippen molar-refractivity contribution in [1.82, 2.24) is 5.43 Å². The highest BCUT2D eigenvalue weighted by Crippen LogP contribution is 2.58. The zero-order valence-electron chi connectivity index (χ0n) is 17.1. The van der Waals surface area contributed by atoms with E-state index in [4.69, 9.17) is 16.3 Å². The molecule has 2 N–H and O–H groups in total. The fourth-order valence-electron chi connectivity index (χ4n) is 4.04. The molecule has 0 spiro atoms. The molecule has 3 aromatic carbocycles. The van der Waals surface area contributed by atoms with Crippen LogP contribution < -0.4 is 10.2 Å². The van der Waals surface area contributed by atoms with E-state index < -0.39 is 0 Å². The summed E-state index contributed by atoms with van der Waals surface area (Å²) in [5, 5.41) is 14.2. The first-order valence-corrected chi connectivity index (χ1v) is 10.5. The van der Waals surface area contributed by atoms with Gasteiger partial charge in [0.2, 0.25) is 5.91 Å². The molecule has 6 heteroatoms. The van der Waals surface area contributed by atoms with Gasteiger partial charge in [0.1, 0.15) is 0 Å². The largest absolute Gasteiger partial charge is 0.503 e. The summed E-state index contributed by atoms with van der Waals surface area (Å²) < 4.78 is 5.38. The number of aromatic hydroxyl groups is 1. The molecule has 0 heterocycles. The smallest absolute Gasteiger partial charge is 0.244 e. The van der Waals surface area contributed by atoms with Crippen molar-refractivity contribution in [3.63, 3.8) is 0 Å². The van der Waals surface area contributed by atoms with Crippen molar-refractivity contribution in [2.45, 2.75) is 18.8 Å². The van der Waals surface area contributed by atoms with Gasteiger partial charge in [0.15, 0.2) is 11.5 Å². The minimum Gasteiger partial charge on any atom is -0.503 e. The van der Waals surface area contributed by atoms with Crippen LogP contribution in [0.5, 0.6) is 11.5 Å². The Bertz CT molecular complexity index is 1060. The van der Waals surface area contributed by atoms with Crippen molar-refractivity contribution in [3.8, 4) is 11.5 Å². The highest BCUT2D eigenvalue weighted by molar-refractivity contribution is 6.32. The van der Waals surface area contributed by atoms with Gasteiger partial charge >= 0.3 is 0 Å². The molecule has 3 aromatic rings. The number of phenols is 1. The van der Waals surface area contributed by atoms with E-state index in [9.17, 15) is 9.90 Å². The normalized spacial score (nSPS) is 16.8. The first-order valence-electron chi connectivity index (χ1n) is 10.2. The van der Waals surface area contributed by atoms with Crippen LogP contribution in [0.25, 0.3) is 0 Å². The van der Waals surface area contributed by atoms with Gasteiger partial charge in [-0.25, -0.2) is 5.43 Å². The lowest BCUT2D eigenvalue weighted by Gasteiger charge is -2.18. The van der Waals surface area contributed by atoms with E-state index in [1.165, 1.54) is 6.21 Å². The van der Waals surface area contributed by atoms with Crippen LogP contribution in [0.3, 0.4) is 0 Å². The molecule has 1 aliphatic rings. The molecule has 0 aromatic heterocycles. The summed E-state index contributed by atoms with van der Waals surface area (Å²) in [5.41, 5.74) is 5.17. The number of carbonyl (C=O) groups is 1. The van der Waals surface area contributed by atoms with Gasteiger partial charge in [-0.15, -0.1) is 0 Å². The summed E-state index contributed by atoms with van der Waals surface area (Å²) in [6, 6.07) is 23.4. The topological polar surface area (TPSA) is 70.9 Å². The number of rotatable bonds is 7. The fraction of sp³-hybridized carbons (Fsp3) is 0.200. The molecule has 1 aliphatic carbocycles. The SMILES string of the molecule is CCOc1cc(C=NNC(=O)C2CC2(c2ccccc2)c2ccccc2)cc(Cl)c1O. The van der Waals surface area contributed by atoms with E-state index in [1.807, 2.05) is 43.3 Å². The van der Waals surface area contributed by atoms with E-state index in [2.05, 4.69) is 34.8 Å². The van der Waals surface area contributed by atoms with Crippen LogP contribution in [0.1, 0.15) is 30.0 Å². The second-order valence-corrected chi connectivity index (χ2v) is 7.88. The summed E-state index contributed by atoms with van der Waals surface area (Å²) in [6.45, 7) is 2.21. The summed E-state index contributed by atoms with van der Waals surface area (Å²) >= 11 is 6.05. The van der Waals surface area contributed by atoms with E-state index >= 15 is 0 Å². The molecule has 1 fully saturated rings. The number of hydrogen-bond acceptors (Lipinski definition) is 4. The van der Waals surface area contributed by atoms with E-state index in [-0.39, 0.29) is 33.8 Å². The molecule has 0 aliphatic heterocycles. The van der Waals surface area contributed by atoms with Crippen molar-refractivity contribution in [2.24, 2.45) is 11.0 Å². The number of carbonyl (C=O) groups excluding carboxylic acids is 1. The van der Waals surface area contributed by atoms with Crippen molar-refractivity contribution in [2.75, 3.05) is 6.61 Å². The van der Waals surface area contributed by atoms with E-state index in [0.717, 1.165) is 17.5 Å². The average molecular weight is 435 g/mol. The third-order valence-corrected chi connectivity index (χ3v) is 5.88. The number of hydrogen-bond donors (Lipinski definition) is 2. The number of amides is 1. The molecule has 1 atom stereocenters. The molecule has 0 radical (unpaired) electrons. The average Bonchev–Trinajstić information content (AvgIpc) is 3.56. The number of nitrogens with zero attached hydrogens (tertiary/aromatic N) is 1. The number of halogens is 1. The summed E-state index contributed by atoms with van der Waals surface area (Å²) in [7, 11) is 0. The Morgan fingerprint density at radius 1 is 1.16 bits per heavy atom. The standard InChI is InChI=1S/C25H23ClN2O3/c1-2-31-22-14-17(13-21(26)23(22)29)16-27-28-24(30)20-15-25(20,18-9-5-3-6-10-18)19-11-7-4-8-12-19/h3-14,16,20,29H,2,15H2,1H3,(H,28,30). The van der Waals surface area contributed by atoms with Crippen LogP contribution in [-0.4, -0.2) is 23.8 Å². The highest BCUT2D eigenvalue weighted by atomic mass is 35.5. The van der Waals surface area contributed by atoms with Gasteiger partial charge < -0.3 is 9.84 Å². The van der Waals surface area contributed by atoms with Gasteiger partial charge in [-0.2, -0.15) is 5.10 Å². The molecule has 0 saturated heterocycles. The Morgan fingerprint density at radius 3 is 2.35 bits per heavy atom. The number of hydrazone groups is 1. The summed E-state index contributed by atoms with van der Waals surface area (Å²) in [6.07, 6.45) is 2.21. The first-order chi connectivity index (χ1) is 15.1. The molecule has 158 valence electrons. The number of nitrogens with one attached hydrogen (secondary N) is 1. The number of phenolic OH excluding ortho intramolecular Hbond substituents is 1. The quantitative estimate of drug-likeness (QED) is 0.410.